The van der Waals surface area contributed by atoms with Crippen molar-refractivity contribution < 1.29 is 9.53 Å². The van der Waals surface area contributed by atoms with Crippen LogP contribution >= 0.6 is 0 Å². The summed E-state index contributed by atoms with van der Waals surface area (Å²) in [4.78, 5) is 22.6. The van der Waals surface area contributed by atoms with E-state index in [0.717, 1.165) is 51.1 Å². The Kier molecular flexibility index (Phi) is 5.75. The van der Waals surface area contributed by atoms with Crippen LogP contribution in [-0.4, -0.2) is 59.2 Å². The summed E-state index contributed by atoms with van der Waals surface area (Å²) in [7, 11) is 0. The van der Waals surface area contributed by atoms with Gasteiger partial charge in [-0.1, -0.05) is 0 Å². The molecule has 1 amide bonds. The van der Waals surface area contributed by atoms with Crippen LogP contribution in [0.25, 0.3) is 0 Å². The minimum Gasteiger partial charge on any atom is -0.379 e. The molecule has 0 bridgehead atoms. The first kappa shape index (κ1) is 18.1. The molecule has 2 aliphatic heterocycles. The lowest BCUT2D eigenvalue weighted by Crippen LogP contribution is -2.49. The molecule has 2 atom stereocenters. The van der Waals surface area contributed by atoms with Crippen LogP contribution in [0, 0.1) is 5.92 Å². The summed E-state index contributed by atoms with van der Waals surface area (Å²) < 4.78 is 5.75. The third-order valence-electron chi connectivity index (χ3n) is 5.60. The summed E-state index contributed by atoms with van der Waals surface area (Å²) >= 11 is 0. The van der Waals surface area contributed by atoms with Crippen molar-refractivity contribution in [2.45, 2.75) is 31.3 Å². The van der Waals surface area contributed by atoms with Gasteiger partial charge in [0, 0.05) is 61.4 Å². The summed E-state index contributed by atoms with van der Waals surface area (Å²) in [5.41, 5.74) is 2.03. The molecule has 6 nitrogen and oxygen atoms in total. The molecule has 2 fully saturated rings. The Hall–Kier alpha value is -2.31. The molecule has 4 rings (SSSR count). The molecule has 2 aliphatic rings. The zero-order chi connectivity index (χ0) is 18.5. The Morgan fingerprint density at radius 3 is 2.41 bits per heavy atom. The summed E-state index contributed by atoms with van der Waals surface area (Å²) in [5, 5.41) is 3.80. The Bertz CT molecular complexity index is 732. The highest BCUT2D eigenvalue weighted by molar-refractivity contribution is 5.94. The van der Waals surface area contributed by atoms with Crippen molar-refractivity contribution in [3.05, 3.63) is 60.2 Å². The van der Waals surface area contributed by atoms with Gasteiger partial charge in [-0.2, -0.15) is 0 Å². The standard InChI is InChI=1S/C21H26N4O2/c26-21(17-3-9-23-10-4-17)25-11-5-19(6-12-25)24-20-15-27-14-18(20)13-16-1-7-22-8-2-16/h1-4,7-10,18-20,24H,5-6,11-15H2/t18-,20+/m1/s1. The van der Waals surface area contributed by atoms with Crippen LogP contribution in [0.5, 0.6) is 0 Å². The lowest BCUT2D eigenvalue weighted by Gasteiger charge is -2.34. The highest BCUT2D eigenvalue weighted by atomic mass is 16.5. The van der Waals surface area contributed by atoms with Crippen LogP contribution < -0.4 is 5.32 Å². The monoisotopic (exact) mass is 366 g/mol. The van der Waals surface area contributed by atoms with Crippen molar-refractivity contribution in [1.29, 1.82) is 0 Å². The van der Waals surface area contributed by atoms with Gasteiger partial charge in [-0.3, -0.25) is 14.8 Å². The second kappa shape index (κ2) is 8.59. The molecule has 2 saturated heterocycles. The van der Waals surface area contributed by atoms with E-state index in [4.69, 9.17) is 4.74 Å². The van der Waals surface area contributed by atoms with Crippen LogP contribution in [0.4, 0.5) is 0 Å². The number of carbonyl (C=O) groups is 1. The predicted molar refractivity (Wildman–Crippen MR) is 102 cm³/mol. The third kappa shape index (κ3) is 4.51. The van der Waals surface area contributed by atoms with E-state index in [1.165, 1.54) is 5.56 Å². The van der Waals surface area contributed by atoms with Gasteiger partial charge < -0.3 is 15.0 Å². The molecule has 142 valence electrons. The minimum absolute atomic E-state index is 0.107. The molecule has 6 heteroatoms. The number of hydrogen-bond donors (Lipinski definition) is 1. The van der Waals surface area contributed by atoms with Crippen LogP contribution in [0.15, 0.2) is 49.1 Å². The van der Waals surface area contributed by atoms with E-state index in [-0.39, 0.29) is 5.91 Å². The first-order valence-corrected chi connectivity index (χ1v) is 9.71. The normalized spacial score (nSPS) is 23.5. The topological polar surface area (TPSA) is 67.4 Å². The van der Waals surface area contributed by atoms with E-state index in [1.807, 2.05) is 17.3 Å². The van der Waals surface area contributed by atoms with Gasteiger partial charge in [0.2, 0.25) is 0 Å². The predicted octanol–water partition coefficient (Wildman–Crippen LogP) is 1.93. The molecule has 0 aromatic carbocycles. The zero-order valence-electron chi connectivity index (χ0n) is 15.5. The Balaban J connectivity index is 1.28. The van der Waals surface area contributed by atoms with Crippen molar-refractivity contribution in [2.24, 2.45) is 5.92 Å². The van der Waals surface area contributed by atoms with Crippen molar-refractivity contribution in [3.63, 3.8) is 0 Å². The SMILES string of the molecule is O=C(c1ccncc1)N1CCC(N[C@H]2COC[C@H]2Cc2ccncc2)CC1. The maximum absolute atomic E-state index is 12.6. The van der Waals surface area contributed by atoms with E-state index in [9.17, 15) is 4.79 Å². The smallest absolute Gasteiger partial charge is 0.253 e. The van der Waals surface area contributed by atoms with Gasteiger partial charge in [0.05, 0.1) is 13.2 Å². The molecule has 2 aromatic heterocycles. The summed E-state index contributed by atoms with van der Waals surface area (Å²) in [6.45, 7) is 3.16. The van der Waals surface area contributed by atoms with Gasteiger partial charge in [-0.05, 0) is 49.1 Å². The van der Waals surface area contributed by atoms with Crippen LogP contribution in [-0.2, 0) is 11.2 Å². The molecular formula is C21H26N4O2. The van der Waals surface area contributed by atoms with Gasteiger partial charge in [-0.25, -0.2) is 0 Å². The van der Waals surface area contributed by atoms with Crippen molar-refractivity contribution in [3.8, 4) is 0 Å². The molecule has 0 aliphatic carbocycles. The number of rotatable bonds is 5. The van der Waals surface area contributed by atoms with E-state index in [1.54, 1.807) is 24.5 Å². The molecular weight excluding hydrogens is 340 g/mol. The quantitative estimate of drug-likeness (QED) is 0.876. The highest BCUT2D eigenvalue weighted by Gasteiger charge is 2.32. The van der Waals surface area contributed by atoms with Gasteiger partial charge in [-0.15, -0.1) is 0 Å². The second-order valence-electron chi connectivity index (χ2n) is 7.43. The number of aromatic nitrogens is 2. The van der Waals surface area contributed by atoms with Gasteiger partial charge in [0.15, 0.2) is 0 Å². The molecule has 27 heavy (non-hydrogen) atoms. The van der Waals surface area contributed by atoms with Crippen LogP contribution in [0.3, 0.4) is 0 Å². The lowest BCUT2D eigenvalue weighted by atomic mass is 9.93. The summed E-state index contributed by atoms with van der Waals surface area (Å²) in [6.07, 6.45) is 10.0. The molecule has 0 radical (unpaired) electrons. The number of piperidine rings is 1. The van der Waals surface area contributed by atoms with Gasteiger partial charge in [0.25, 0.3) is 5.91 Å². The largest absolute Gasteiger partial charge is 0.379 e. The molecule has 0 saturated carbocycles. The Morgan fingerprint density at radius 2 is 1.70 bits per heavy atom. The summed E-state index contributed by atoms with van der Waals surface area (Å²) in [6, 6.07) is 8.55. The number of pyridine rings is 2. The fraction of sp³-hybridized carbons (Fsp3) is 0.476. The average molecular weight is 366 g/mol. The van der Waals surface area contributed by atoms with E-state index < -0.39 is 0 Å². The maximum Gasteiger partial charge on any atom is 0.253 e. The summed E-state index contributed by atoms with van der Waals surface area (Å²) in [5.74, 6) is 0.597. The van der Waals surface area contributed by atoms with Crippen LogP contribution in [0.1, 0.15) is 28.8 Å². The Labute approximate surface area is 160 Å². The van der Waals surface area contributed by atoms with E-state index in [0.29, 0.717) is 18.0 Å². The zero-order valence-corrected chi connectivity index (χ0v) is 15.5. The lowest BCUT2D eigenvalue weighted by molar-refractivity contribution is 0.0699. The fourth-order valence-corrected chi connectivity index (χ4v) is 4.03. The van der Waals surface area contributed by atoms with Gasteiger partial charge in [0.1, 0.15) is 0 Å². The average Bonchev–Trinajstić information content (AvgIpc) is 3.16. The molecule has 0 unspecified atom stereocenters. The first-order valence-electron chi connectivity index (χ1n) is 9.71. The molecule has 0 spiro atoms. The number of nitrogens with one attached hydrogen (secondary N) is 1. The molecule has 1 N–H and O–H groups in total. The Morgan fingerprint density at radius 1 is 1.04 bits per heavy atom. The number of ether oxygens (including phenoxy) is 1. The van der Waals surface area contributed by atoms with E-state index >= 15 is 0 Å². The van der Waals surface area contributed by atoms with Crippen LogP contribution in [0.2, 0.25) is 0 Å². The third-order valence-corrected chi connectivity index (χ3v) is 5.60. The molecule has 4 heterocycles. The van der Waals surface area contributed by atoms with Crippen molar-refractivity contribution >= 4 is 5.91 Å². The molecule has 2 aromatic rings. The van der Waals surface area contributed by atoms with E-state index in [2.05, 4.69) is 27.4 Å². The van der Waals surface area contributed by atoms with Crippen molar-refractivity contribution in [2.75, 3.05) is 26.3 Å². The number of nitrogens with zero attached hydrogens (tertiary/aromatic N) is 3. The number of carbonyl (C=O) groups excluding carboxylic acids is 1. The first-order chi connectivity index (χ1) is 13.3. The fourth-order valence-electron chi connectivity index (χ4n) is 4.03. The van der Waals surface area contributed by atoms with Gasteiger partial charge >= 0.3 is 0 Å². The number of likely N-dealkylation sites (tertiary alicyclic amines) is 1. The minimum atomic E-state index is 0.107. The number of hydrogen-bond acceptors (Lipinski definition) is 5. The second-order valence-corrected chi connectivity index (χ2v) is 7.43. The van der Waals surface area contributed by atoms with Crippen molar-refractivity contribution in [1.82, 2.24) is 20.2 Å². The maximum atomic E-state index is 12.6. The number of amides is 1. The highest BCUT2D eigenvalue weighted by Crippen LogP contribution is 2.22.